The molecule has 14 heavy (non-hydrogen) atoms. The Hall–Kier alpha value is -0.900. The highest BCUT2D eigenvalue weighted by Crippen LogP contribution is 2.32. The van der Waals surface area contributed by atoms with Gasteiger partial charge in [-0.15, -0.1) is 0 Å². The third-order valence-corrected chi connectivity index (χ3v) is 2.95. The first kappa shape index (κ1) is 9.65. The van der Waals surface area contributed by atoms with Crippen LogP contribution in [0, 0.1) is 5.92 Å². The van der Waals surface area contributed by atoms with E-state index in [1.54, 1.807) is 6.33 Å². The van der Waals surface area contributed by atoms with Crippen molar-refractivity contribution >= 4 is 0 Å². The standard InChI is InChI=1S/C10H18N4/c1-8(9-3-4-9)11-6-5-10-12-7-13-14(10)2/h7-9,11H,3-6H2,1-2H3. The van der Waals surface area contributed by atoms with Gasteiger partial charge in [-0.05, 0) is 25.7 Å². The molecule has 78 valence electrons. The number of hydrogen-bond acceptors (Lipinski definition) is 3. The van der Waals surface area contributed by atoms with Gasteiger partial charge in [0.25, 0.3) is 0 Å². The highest BCUT2D eigenvalue weighted by atomic mass is 15.3. The second kappa shape index (κ2) is 4.09. The highest BCUT2D eigenvalue weighted by molar-refractivity contribution is 4.87. The molecule has 0 aromatic carbocycles. The van der Waals surface area contributed by atoms with Gasteiger partial charge in [-0.1, -0.05) is 0 Å². The lowest BCUT2D eigenvalue weighted by atomic mass is 10.2. The molecule has 1 atom stereocenters. The first-order chi connectivity index (χ1) is 6.77. The number of nitrogens with zero attached hydrogens (tertiary/aromatic N) is 3. The van der Waals surface area contributed by atoms with E-state index in [4.69, 9.17) is 0 Å². The molecule has 0 spiro atoms. The zero-order valence-corrected chi connectivity index (χ0v) is 8.90. The number of nitrogens with one attached hydrogen (secondary N) is 1. The van der Waals surface area contributed by atoms with Crippen LogP contribution in [0.25, 0.3) is 0 Å². The van der Waals surface area contributed by atoms with Crippen LogP contribution in [0.3, 0.4) is 0 Å². The van der Waals surface area contributed by atoms with Crippen molar-refractivity contribution in [1.82, 2.24) is 20.1 Å². The molecule has 0 radical (unpaired) electrons. The molecule has 0 amide bonds. The molecule has 1 unspecified atom stereocenters. The minimum atomic E-state index is 0.670. The molecule has 1 aliphatic rings. The zero-order chi connectivity index (χ0) is 9.97. The van der Waals surface area contributed by atoms with E-state index in [1.807, 2.05) is 11.7 Å². The molecular weight excluding hydrogens is 176 g/mol. The average Bonchev–Trinajstić information content (AvgIpc) is 2.93. The predicted molar refractivity (Wildman–Crippen MR) is 54.9 cm³/mol. The van der Waals surface area contributed by atoms with Gasteiger partial charge in [0, 0.05) is 26.1 Å². The quantitative estimate of drug-likeness (QED) is 0.752. The summed E-state index contributed by atoms with van der Waals surface area (Å²) in [5.41, 5.74) is 0. The van der Waals surface area contributed by atoms with E-state index in [0.29, 0.717) is 6.04 Å². The van der Waals surface area contributed by atoms with Crippen LogP contribution in [0.2, 0.25) is 0 Å². The van der Waals surface area contributed by atoms with E-state index >= 15 is 0 Å². The predicted octanol–water partition coefficient (Wildman–Crippen LogP) is 0.746. The summed E-state index contributed by atoms with van der Waals surface area (Å²) in [6.07, 6.45) is 5.38. The van der Waals surface area contributed by atoms with Gasteiger partial charge in [-0.2, -0.15) is 5.10 Å². The fourth-order valence-electron chi connectivity index (χ4n) is 1.72. The smallest absolute Gasteiger partial charge is 0.138 e. The average molecular weight is 194 g/mol. The van der Waals surface area contributed by atoms with Crippen LogP contribution in [0.15, 0.2) is 6.33 Å². The van der Waals surface area contributed by atoms with Crippen molar-refractivity contribution in [1.29, 1.82) is 0 Å². The normalized spacial score (nSPS) is 18.4. The van der Waals surface area contributed by atoms with Crippen LogP contribution < -0.4 is 5.32 Å². The molecule has 1 aliphatic carbocycles. The third kappa shape index (κ3) is 2.32. The van der Waals surface area contributed by atoms with Gasteiger partial charge in [0.2, 0.25) is 0 Å². The van der Waals surface area contributed by atoms with Gasteiger partial charge in [-0.25, -0.2) is 4.98 Å². The molecule has 0 bridgehead atoms. The monoisotopic (exact) mass is 194 g/mol. The van der Waals surface area contributed by atoms with Crippen LogP contribution in [0.5, 0.6) is 0 Å². The summed E-state index contributed by atoms with van der Waals surface area (Å²) in [6, 6.07) is 0.670. The molecule has 4 nitrogen and oxygen atoms in total. The molecule has 0 saturated heterocycles. The van der Waals surface area contributed by atoms with Crippen molar-refractivity contribution in [2.24, 2.45) is 13.0 Å². The van der Waals surface area contributed by atoms with Crippen molar-refractivity contribution in [3.63, 3.8) is 0 Å². The minimum absolute atomic E-state index is 0.670. The molecule has 0 aliphatic heterocycles. The topological polar surface area (TPSA) is 42.7 Å². The van der Waals surface area contributed by atoms with Crippen molar-refractivity contribution < 1.29 is 0 Å². The highest BCUT2D eigenvalue weighted by Gasteiger charge is 2.27. The summed E-state index contributed by atoms with van der Waals surface area (Å²) in [5.74, 6) is 1.98. The Morgan fingerprint density at radius 3 is 3.00 bits per heavy atom. The van der Waals surface area contributed by atoms with Crippen LogP contribution in [0.4, 0.5) is 0 Å². The molecule has 1 aromatic rings. The van der Waals surface area contributed by atoms with E-state index in [9.17, 15) is 0 Å². The molecular formula is C10H18N4. The van der Waals surface area contributed by atoms with Gasteiger partial charge in [0.15, 0.2) is 0 Å². The number of rotatable bonds is 5. The first-order valence-corrected chi connectivity index (χ1v) is 5.33. The van der Waals surface area contributed by atoms with Gasteiger partial charge in [-0.3, -0.25) is 4.68 Å². The number of aryl methyl sites for hydroxylation is 1. The van der Waals surface area contributed by atoms with E-state index in [1.165, 1.54) is 12.8 Å². The Bertz CT molecular complexity index is 290. The van der Waals surface area contributed by atoms with Gasteiger partial charge in [0.1, 0.15) is 12.2 Å². The van der Waals surface area contributed by atoms with Gasteiger partial charge >= 0.3 is 0 Å². The lowest BCUT2D eigenvalue weighted by Crippen LogP contribution is -2.30. The molecule has 1 heterocycles. The Labute approximate surface area is 84.7 Å². The number of hydrogen-bond donors (Lipinski definition) is 1. The van der Waals surface area contributed by atoms with Gasteiger partial charge < -0.3 is 5.32 Å². The van der Waals surface area contributed by atoms with Crippen LogP contribution in [-0.4, -0.2) is 27.4 Å². The molecule has 1 fully saturated rings. The Kier molecular flexibility index (Phi) is 2.82. The molecule has 2 rings (SSSR count). The lowest BCUT2D eigenvalue weighted by Gasteiger charge is -2.11. The summed E-state index contributed by atoms with van der Waals surface area (Å²) in [7, 11) is 1.94. The molecule has 4 heteroatoms. The van der Waals surface area contributed by atoms with Crippen molar-refractivity contribution in [2.45, 2.75) is 32.2 Å². The minimum Gasteiger partial charge on any atom is -0.314 e. The van der Waals surface area contributed by atoms with E-state index in [-0.39, 0.29) is 0 Å². The second-order valence-electron chi connectivity index (χ2n) is 4.13. The van der Waals surface area contributed by atoms with Gasteiger partial charge in [0.05, 0.1) is 0 Å². The molecule has 1 N–H and O–H groups in total. The van der Waals surface area contributed by atoms with Crippen LogP contribution in [-0.2, 0) is 13.5 Å². The second-order valence-corrected chi connectivity index (χ2v) is 4.13. The summed E-state index contributed by atoms with van der Waals surface area (Å²) in [4.78, 5) is 4.18. The fraction of sp³-hybridized carbons (Fsp3) is 0.800. The Balaban J connectivity index is 1.69. The van der Waals surface area contributed by atoms with Crippen molar-refractivity contribution in [2.75, 3.05) is 6.54 Å². The summed E-state index contributed by atoms with van der Waals surface area (Å²) in [6.45, 7) is 3.28. The maximum atomic E-state index is 4.18. The first-order valence-electron chi connectivity index (χ1n) is 5.33. The summed E-state index contributed by atoms with van der Waals surface area (Å²) < 4.78 is 1.84. The van der Waals surface area contributed by atoms with E-state index in [0.717, 1.165) is 24.7 Å². The van der Waals surface area contributed by atoms with E-state index in [2.05, 4.69) is 22.3 Å². The Morgan fingerprint density at radius 1 is 1.64 bits per heavy atom. The zero-order valence-electron chi connectivity index (χ0n) is 8.90. The molecule has 1 saturated carbocycles. The molecule has 1 aromatic heterocycles. The van der Waals surface area contributed by atoms with Crippen molar-refractivity contribution in [3.8, 4) is 0 Å². The maximum absolute atomic E-state index is 4.18. The fourth-order valence-corrected chi connectivity index (χ4v) is 1.72. The maximum Gasteiger partial charge on any atom is 0.138 e. The Morgan fingerprint density at radius 2 is 2.43 bits per heavy atom. The lowest BCUT2D eigenvalue weighted by molar-refractivity contribution is 0.493. The largest absolute Gasteiger partial charge is 0.314 e. The summed E-state index contributed by atoms with van der Waals surface area (Å²) in [5, 5.41) is 7.57. The van der Waals surface area contributed by atoms with Crippen LogP contribution in [0.1, 0.15) is 25.6 Å². The summed E-state index contributed by atoms with van der Waals surface area (Å²) >= 11 is 0. The SMILES string of the molecule is CC(NCCc1ncnn1C)C1CC1. The number of aromatic nitrogens is 3. The van der Waals surface area contributed by atoms with Crippen molar-refractivity contribution in [3.05, 3.63) is 12.2 Å². The third-order valence-electron chi connectivity index (χ3n) is 2.95. The van der Waals surface area contributed by atoms with E-state index < -0.39 is 0 Å². The van der Waals surface area contributed by atoms with Crippen LogP contribution >= 0.6 is 0 Å².